The summed E-state index contributed by atoms with van der Waals surface area (Å²) in [5.41, 5.74) is 1.51. The number of hydrogen-bond acceptors (Lipinski definition) is 4. The lowest BCUT2D eigenvalue weighted by Crippen LogP contribution is -2.26. The Bertz CT molecular complexity index is 705. The normalized spacial score (nSPS) is 13.6. The average Bonchev–Trinajstić information content (AvgIpc) is 2.84. The summed E-state index contributed by atoms with van der Waals surface area (Å²) < 4.78 is 27.8. The number of aryl methyl sites for hydroxylation is 1. The van der Waals surface area contributed by atoms with Crippen molar-refractivity contribution in [3.05, 3.63) is 47.8 Å². The smallest absolute Gasteiger partial charge is 0.243 e. The van der Waals surface area contributed by atoms with Crippen molar-refractivity contribution < 1.29 is 13.5 Å². The summed E-state index contributed by atoms with van der Waals surface area (Å²) in [6.45, 7) is 1.90. The van der Waals surface area contributed by atoms with Crippen LogP contribution in [-0.2, 0) is 23.6 Å². The third kappa shape index (κ3) is 3.49. The molecule has 2 aromatic rings. The van der Waals surface area contributed by atoms with E-state index in [2.05, 4.69) is 5.10 Å². The highest BCUT2D eigenvalue weighted by atomic mass is 32.2. The van der Waals surface area contributed by atoms with Gasteiger partial charge in [-0.3, -0.25) is 4.68 Å². The molecule has 114 valence electrons. The molecule has 2 rings (SSSR count). The minimum Gasteiger partial charge on any atom is -0.389 e. The number of rotatable bonds is 5. The van der Waals surface area contributed by atoms with Crippen molar-refractivity contribution in [2.75, 3.05) is 7.05 Å². The van der Waals surface area contributed by atoms with E-state index in [1.807, 2.05) is 0 Å². The van der Waals surface area contributed by atoms with Gasteiger partial charge in [-0.15, -0.1) is 0 Å². The van der Waals surface area contributed by atoms with Crippen molar-refractivity contribution in [3.63, 3.8) is 0 Å². The molecule has 0 fully saturated rings. The first kappa shape index (κ1) is 15.7. The highest BCUT2D eigenvalue weighted by Gasteiger charge is 2.21. The van der Waals surface area contributed by atoms with E-state index in [1.54, 1.807) is 43.2 Å². The Labute approximate surface area is 124 Å². The Morgan fingerprint density at radius 3 is 2.43 bits per heavy atom. The van der Waals surface area contributed by atoms with Gasteiger partial charge in [-0.2, -0.15) is 9.40 Å². The van der Waals surface area contributed by atoms with Gasteiger partial charge in [0.05, 0.1) is 17.2 Å². The van der Waals surface area contributed by atoms with Crippen LogP contribution in [0.2, 0.25) is 0 Å². The molecule has 0 saturated carbocycles. The maximum absolute atomic E-state index is 12.5. The first-order valence-corrected chi connectivity index (χ1v) is 7.96. The van der Waals surface area contributed by atoms with Crippen molar-refractivity contribution >= 4 is 10.0 Å². The number of aromatic nitrogens is 2. The maximum atomic E-state index is 12.5. The molecule has 0 bridgehead atoms. The summed E-state index contributed by atoms with van der Waals surface area (Å²) in [5, 5.41) is 13.5. The molecule has 0 aliphatic carbocycles. The fourth-order valence-electron chi connectivity index (χ4n) is 1.99. The molecule has 1 unspecified atom stereocenters. The summed E-state index contributed by atoms with van der Waals surface area (Å²) in [6.07, 6.45) is 2.81. The lowest BCUT2D eigenvalue weighted by Gasteiger charge is -2.16. The largest absolute Gasteiger partial charge is 0.389 e. The third-order valence-corrected chi connectivity index (χ3v) is 5.05. The van der Waals surface area contributed by atoms with E-state index in [1.165, 1.54) is 23.5 Å². The summed E-state index contributed by atoms with van der Waals surface area (Å²) in [5.74, 6) is 0. The third-order valence-electron chi connectivity index (χ3n) is 3.23. The van der Waals surface area contributed by atoms with Crippen LogP contribution in [0.4, 0.5) is 0 Å². The van der Waals surface area contributed by atoms with Gasteiger partial charge in [0.15, 0.2) is 0 Å². The van der Waals surface area contributed by atoms with E-state index in [0.717, 1.165) is 5.56 Å². The molecule has 0 aliphatic rings. The average molecular weight is 309 g/mol. The zero-order chi connectivity index (χ0) is 15.6. The van der Waals surface area contributed by atoms with E-state index in [4.69, 9.17) is 0 Å². The van der Waals surface area contributed by atoms with E-state index in [9.17, 15) is 13.5 Å². The summed E-state index contributed by atoms with van der Waals surface area (Å²) in [6, 6.07) is 6.26. The number of sulfonamides is 1. The Morgan fingerprint density at radius 1 is 1.33 bits per heavy atom. The van der Waals surface area contributed by atoms with E-state index < -0.39 is 16.1 Å². The van der Waals surface area contributed by atoms with Gasteiger partial charge in [0.2, 0.25) is 10.0 Å². The van der Waals surface area contributed by atoms with Gasteiger partial charge in [0, 0.05) is 32.4 Å². The van der Waals surface area contributed by atoms with Crippen molar-refractivity contribution in [3.8, 4) is 0 Å². The highest BCUT2D eigenvalue weighted by molar-refractivity contribution is 7.89. The number of hydrogen-bond donors (Lipinski definition) is 1. The molecule has 0 radical (unpaired) electrons. The maximum Gasteiger partial charge on any atom is 0.243 e. The fourth-order valence-corrected chi connectivity index (χ4v) is 3.15. The molecule has 21 heavy (non-hydrogen) atoms. The number of nitrogens with zero attached hydrogens (tertiary/aromatic N) is 3. The molecule has 1 aromatic carbocycles. The predicted molar refractivity (Wildman–Crippen MR) is 78.9 cm³/mol. The summed E-state index contributed by atoms with van der Waals surface area (Å²) >= 11 is 0. The van der Waals surface area contributed by atoms with E-state index >= 15 is 0 Å². The molecule has 1 atom stereocenters. The van der Waals surface area contributed by atoms with Gasteiger partial charge < -0.3 is 5.11 Å². The van der Waals surface area contributed by atoms with Crippen LogP contribution in [0.15, 0.2) is 41.6 Å². The Balaban J connectivity index is 2.20. The molecular weight excluding hydrogens is 290 g/mol. The standard InChI is InChI=1S/C14H19N3O3S/c1-11(18)13-4-6-14(7-5-13)21(19,20)17(3)10-12-8-15-16(2)9-12/h4-9,11,18H,10H2,1-3H3. The first-order chi connectivity index (χ1) is 9.80. The Kier molecular flexibility index (Phi) is 4.46. The second-order valence-corrected chi connectivity index (χ2v) is 7.07. The lowest BCUT2D eigenvalue weighted by molar-refractivity contribution is 0.199. The van der Waals surface area contributed by atoms with Crippen molar-refractivity contribution in [2.24, 2.45) is 7.05 Å². The molecule has 0 spiro atoms. The van der Waals surface area contributed by atoms with Crippen LogP contribution in [0, 0.1) is 0 Å². The Morgan fingerprint density at radius 2 is 1.95 bits per heavy atom. The predicted octanol–water partition coefficient (Wildman–Crippen LogP) is 1.29. The number of aliphatic hydroxyl groups is 1. The van der Waals surface area contributed by atoms with Crippen molar-refractivity contribution in [2.45, 2.75) is 24.5 Å². The summed E-state index contributed by atoms with van der Waals surface area (Å²) in [4.78, 5) is 0.207. The van der Waals surface area contributed by atoms with Crippen molar-refractivity contribution in [1.82, 2.24) is 14.1 Å². The molecule has 1 N–H and O–H groups in total. The monoisotopic (exact) mass is 309 g/mol. The van der Waals surface area contributed by atoms with E-state index in [0.29, 0.717) is 5.56 Å². The van der Waals surface area contributed by atoms with Gasteiger partial charge in [-0.25, -0.2) is 8.42 Å². The fraction of sp³-hybridized carbons (Fsp3) is 0.357. The number of benzene rings is 1. The van der Waals surface area contributed by atoms with Crippen molar-refractivity contribution in [1.29, 1.82) is 0 Å². The van der Waals surface area contributed by atoms with Gasteiger partial charge in [0.1, 0.15) is 0 Å². The SMILES string of the molecule is CC(O)c1ccc(S(=O)(=O)N(C)Cc2cnn(C)c2)cc1. The first-order valence-electron chi connectivity index (χ1n) is 6.52. The molecule has 6 nitrogen and oxygen atoms in total. The molecule has 0 saturated heterocycles. The quantitative estimate of drug-likeness (QED) is 0.903. The van der Waals surface area contributed by atoms with Gasteiger partial charge >= 0.3 is 0 Å². The van der Waals surface area contributed by atoms with Gasteiger partial charge in [-0.1, -0.05) is 12.1 Å². The molecule has 1 aromatic heterocycles. The highest BCUT2D eigenvalue weighted by Crippen LogP contribution is 2.19. The number of aliphatic hydroxyl groups excluding tert-OH is 1. The van der Waals surface area contributed by atoms with Gasteiger partial charge in [-0.05, 0) is 24.6 Å². The second-order valence-electron chi connectivity index (χ2n) is 5.03. The molecular formula is C14H19N3O3S. The summed E-state index contributed by atoms with van der Waals surface area (Å²) in [7, 11) is -0.239. The lowest BCUT2D eigenvalue weighted by atomic mass is 10.1. The molecule has 1 heterocycles. The van der Waals surface area contributed by atoms with Crippen LogP contribution in [0.1, 0.15) is 24.2 Å². The van der Waals surface area contributed by atoms with E-state index in [-0.39, 0.29) is 11.4 Å². The molecule has 0 amide bonds. The molecule has 7 heteroatoms. The van der Waals surface area contributed by atoms with Crippen LogP contribution in [0.25, 0.3) is 0 Å². The Hall–Kier alpha value is -1.70. The van der Waals surface area contributed by atoms with Gasteiger partial charge in [0.25, 0.3) is 0 Å². The van der Waals surface area contributed by atoms with Crippen LogP contribution in [-0.4, -0.2) is 34.7 Å². The zero-order valence-corrected chi connectivity index (χ0v) is 13.1. The minimum atomic E-state index is -3.56. The van der Waals surface area contributed by atoms with Crippen LogP contribution in [0.5, 0.6) is 0 Å². The zero-order valence-electron chi connectivity index (χ0n) is 12.3. The second kappa shape index (κ2) is 5.97. The minimum absolute atomic E-state index is 0.207. The topological polar surface area (TPSA) is 75.4 Å². The van der Waals surface area contributed by atoms with Crippen LogP contribution < -0.4 is 0 Å². The van der Waals surface area contributed by atoms with Crippen LogP contribution >= 0.6 is 0 Å². The van der Waals surface area contributed by atoms with Crippen LogP contribution in [0.3, 0.4) is 0 Å². The molecule has 0 aliphatic heterocycles.